The molecular weight excluding hydrogens is 236 g/mol. The molecule has 3 nitrogen and oxygen atoms in total. The molecule has 0 aliphatic heterocycles. The Balaban J connectivity index is 2.02. The van der Waals surface area contributed by atoms with Crippen LogP contribution in [0.15, 0.2) is 24.3 Å². The SMILES string of the molecule is CCCC(N)C(=O)N(C)C1CCc2ccccc2C1. The number of aryl methyl sites for hydroxylation is 1. The van der Waals surface area contributed by atoms with Crippen LogP contribution in [0.4, 0.5) is 0 Å². The number of amides is 1. The molecule has 0 bridgehead atoms. The van der Waals surface area contributed by atoms with E-state index in [9.17, 15) is 4.79 Å². The number of nitrogens with two attached hydrogens (primary N) is 1. The van der Waals surface area contributed by atoms with E-state index in [1.54, 1.807) is 0 Å². The molecule has 0 aromatic heterocycles. The molecular formula is C16H24N2O. The summed E-state index contributed by atoms with van der Waals surface area (Å²) in [5, 5.41) is 0. The van der Waals surface area contributed by atoms with Gasteiger partial charge in [0.2, 0.25) is 5.91 Å². The van der Waals surface area contributed by atoms with E-state index in [4.69, 9.17) is 5.73 Å². The highest BCUT2D eigenvalue weighted by atomic mass is 16.2. The molecule has 0 spiro atoms. The van der Waals surface area contributed by atoms with Crippen molar-refractivity contribution in [2.45, 2.75) is 51.1 Å². The van der Waals surface area contributed by atoms with Crippen LogP contribution in [0.3, 0.4) is 0 Å². The first-order chi connectivity index (χ1) is 9.13. The van der Waals surface area contributed by atoms with Crippen molar-refractivity contribution in [1.82, 2.24) is 4.90 Å². The summed E-state index contributed by atoms with van der Waals surface area (Å²) in [6.07, 6.45) is 4.78. The van der Waals surface area contributed by atoms with E-state index in [-0.39, 0.29) is 11.9 Å². The average Bonchev–Trinajstić information content (AvgIpc) is 2.45. The number of carbonyl (C=O) groups excluding carboxylic acids is 1. The topological polar surface area (TPSA) is 46.3 Å². The summed E-state index contributed by atoms with van der Waals surface area (Å²) in [6, 6.07) is 8.48. The van der Waals surface area contributed by atoms with Gasteiger partial charge in [0.15, 0.2) is 0 Å². The number of hydrogen-bond donors (Lipinski definition) is 1. The molecule has 0 saturated carbocycles. The maximum absolute atomic E-state index is 12.2. The summed E-state index contributed by atoms with van der Waals surface area (Å²) < 4.78 is 0. The predicted molar refractivity (Wildman–Crippen MR) is 77.9 cm³/mol. The maximum Gasteiger partial charge on any atom is 0.239 e. The second-order valence-electron chi connectivity index (χ2n) is 5.51. The first-order valence-electron chi connectivity index (χ1n) is 7.22. The predicted octanol–water partition coefficient (Wildman–Crippen LogP) is 2.13. The fourth-order valence-electron chi connectivity index (χ4n) is 2.89. The summed E-state index contributed by atoms with van der Waals surface area (Å²) in [7, 11) is 1.90. The van der Waals surface area contributed by atoms with E-state index in [2.05, 4.69) is 31.2 Å². The van der Waals surface area contributed by atoms with Crippen LogP contribution in [0, 0.1) is 0 Å². The summed E-state index contributed by atoms with van der Waals surface area (Å²) in [6.45, 7) is 2.06. The Morgan fingerprint density at radius 1 is 1.42 bits per heavy atom. The first-order valence-corrected chi connectivity index (χ1v) is 7.22. The van der Waals surface area contributed by atoms with Gasteiger partial charge in [-0.25, -0.2) is 0 Å². The summed E-state index contributed by atoms with van der Waals surface area (Å²) in [5.74, 6) is 0.0891. The lowest BCUT2D eigenvalue weighted by Gasteiger charge is -2.34. The summed E-state index contributed by atoms with van der Waals surface area (Å²) in [5.41, 5.74) is 8.74. The number of nitrogens with zero attached hydrogens (tertiary/aromatic N) is 1. The molecule has 1 aromatic carbocycles. The third-order valence-electron chi connectivity index (χ3n) is 4.13. The Hall–Kier alpha value is -1.35. The average molecular weight is 260 g/mol. The van der Waals surface area contributed by atoms with Crippen LogP contribution < -0.4 is 5.73 Å². The lowest BCUT2D eigenvalue weighted by Crippen LogP contribution is -2.48. The van der Waals surface area contributed by atoms with Gasteiger partial charge in [0.1, 0.15) is 0 Å². The van der Waals surface area contributed by atoms with E-state index in [1.165, 1.54) is 11.1 Å². The molecule has 1 aliphatic rings. The number of likely N-dealkylation sites (N-methyl/N-ethyl adjacent to an activating group) is 1. The largest absolute Gasteiger partial charge is 0.341 e. The molecule has 3 heteroatoms. The molecule has 0 heterocycles. The quantitative estimate of drug-likeness (QED) is 0.901. The van der Waals surface area contributed by atoms with Gasteiger partial charge in [-0.1, -0.05) is 37.6 Å². The summed E-state index contributed by atoms with van der Waals surface area (Å²) >= 11 is 0. The summed E-state index contributed by atoms with van der Waals surface area (Å²) in [4.78, 5) is 14.1. The molecule has 104 valence electrons. The molecule has 1 aliphatic carbocycles. The van der Waals surface area contributed by atoms with E-state index < -0.39 is 0 Å². The van der Waals surface area contributed by atoms with E-state index in [0.29, 0.717) is 6.04 Å². The Bertz CT molecular complexity index is 444. The van der Waals surface area contributed by atoms with Crippen LogP contribution in [0.5, 0.6) is 0 Å². The van der Waals surface area contributed by atoms with Crippen LogP contribution >= 0.6 is 0 Å². The monoisotopic (exact) mass is 260 g/mol. The van der Waals surface area contributed by atoms with Crippen molar-refractivity contribution in [1.29, 1.82) is 0 Å². The van der Waals surface area contributed by atoms with Crippen molar-refractivity contribution >= 4 is 5.91 Å². The Morgan fingerprint density at radius 2 is 2.11 bits per heavy atom. The molecule has 2 atom stereocenters. The highest BCUT2D eigenvalue weighted by Gasteiger charge is 2.27. The van der Waals surface area contributed by atoms with Crippen LogP contribution in [0.2, 0.25) is 0 Å². The molecule has 2 unspecified atom stereocenters. The second-order valence-corrected chi connectivity index (χ2v) is 5.51. The van der Waals surface area contributed by atoms with E-state index >= 15 is 0 Å². The van der Waals surface area contributed by atoms with Gasteiger partial charge in [-0.2, -0.15) is 0 Å². The molecule has 0 radical (unpaired) electrons. The molecule has 2 rings (SSSR count). The standard InChI is InChI=1S/C16H24N2O/c1-3-6-15(17)16(19)18(2)14-10-9-12-7-4-5-8-13(12)11-14/h4-5,7-8,14-15H,3,6,9-11,17H2,1-2H3. The zero-order valence-electron chi connectivity index (χ0n) is 11.9. The molecule has 0 fully saturated rings. The normalized spacial score (nSPS) is 19.6. The van der Waals surface area contributed by atoms with Crippen molar-refractivity contribution in [2.24, 2.45) is 5.73 Å². The maximum atomic E-state index is 12.2. The fourth-order valence-corrected chi connectivity index (χ4v) is 2.89. The van der Waals surface area contributed by atoms with Gasteiger partial charge in [-0.3, -0.25) is 4.79 Å². The minimum Gasteiger partial charge on any atom is -0.341 e. The van der Waals surface area contributed by atoms with Crippen molar-refractivity contribution < 1.29 is 4.79 Å². The minimum atomic E-state index is -0.341. The smallest absolute Gasteiger partial charge is 0.239 e. The number of benzene rings is 1. The van der Waals surface area contributed by atoms with Gasteiger partial charge >= 0.3 is 0 Å². The van der Waals surface area contributed by atoms with E-state index in [0.717, 1.165) is 32.1 Å². The number of rotatable bonds is 4. The van der Waals surface area contributed by atoms with Gasteiger partial charge in [0, 0.05) is 13.1 Å². The van der Waals surface area contributed by atoms with Gasteiger partial charge in [-0.05, 0) is 36.8 Å². The fraction of sp³-hybridized carbons (Fsp3) is 0.562. The highest BCUT2D eigenvalue weighted by Crippen LogP contribution is 2.24. The first kappa shape index (κ1) is 14.1. The van der Waals surface area contributed by atoms with Crippen molar-refractivity contribution in [2.75, 3.05) is 7.05 Å². The highest BCUT2D eigenvalue weighted by molar-refractivity contribution is 5.81. The number of fused-ring (bicyclic) bond motifs is 1. The van der Waals surface area contributed by atoms with Crippen LogP contribution in [0.25, 0.3) is 0 Å². The second kappa shape index (κ2) is 6.20. The van der Waals surface area contributed by atoms with Crippen LogP contribution in [-0.4, -0.2) is 29.9 Å². The molecule has 19 heavy (non-hydrogen) atoms. The van der Waals surface area contributed by atoms with Gasteiger partial charge in [0.05, 0.1) is 6.04 Å². The van der Waals surface area contributed by atoms with E-state index in [1.807, 2.05) is 11.9 Å². The number of hydrogen-bond acceptors (Lipinski definition) is 2. The lowest BCUT2D eigenvalue weighted by atomic mass is 9.87. The zero-order valence-corrected chi connectivity index (χ0v) is 11.9. The third kappa shape index (κ3) is 3.16. The zero-order chi connectivity index (χ0) is 13.8. The minimum absolute atomic E-state index is 0.0891. The van der Waals surface area contributed by atoms with Crippen LogP contribution in [-0.2, 0) is 17.6 Å². The molecule has 1 amide bonds. The van der Waals surface area contributed by atoms with Gasteiger partial charge in [0.25, 0.3) is 0 Å². The Morgan fingerprint density at radius 3 is 2.79 bits per heavy atom. The van der Waals surface area contributed by atoms with Gasteiger partial charge < -0.3 is 10.6 Å². The third-order valence-corrected chi connectivity index (χ3v) is 4.13. The van der Waals surface area contributed by atoms with Crippen molar-refractivity contribution in [3.63, 3.8) is 0 Å². The van der Waals surface area contributed by atoms with Crippen molar-refractivity contribution in [3.8, 4) is 0 Å². The Labute approximate surface area is 115 Å². The number of carbonyl (C=O) groups is 1. The molecule has 0 saturated heterocycles. The van der Waals surface area contributed by atoms with Crippen molar-refractivity contribution in [3.05, 3.63) is 35.4 Å². The Kier molecular flexibility index (Phi) is 4.59. The molecule has 1 aromatic rings. The van der Waals surface area contributed by atoms with Gasteiger partial charge in [-0.15, -0.1) is 0 Å². The lowest BCUT2D eigenvalue weighted by molar-refractivity contribution is -0.133. The molecule has 2 N–H and O–H groups in total. The van der Waals surface area contributed by atoms with Crippen LogP contribution in [0.1, 0.15) is 37.3 Å².